The van der Waals surface area contributed by atoms with Crippen LogP contribution in [0.4, 0.5) is 0 Å². The van der Waals surface area contributed by atoms with Gasteiger partial charge in [0.1, 0.15) is 24.7 Å². The Morgan fingerprint density at radius 3 is 1.27 bits per heavy atom. The molecule has 2 aromatic carbocycles. The van der Waals surface area contributed by atoms with Gasteiger partial charge in [0.15, 0.2) is 0 Å². The van der Waals surface area contributed by atoms with E-state index in [1.54, 1.807) is 0 Å². The Labute approximate surface area is 225 Å². The molecule has 0 saturated heterocycles. The molecular weight excluding hydrogens is 460 g/mol. The fraction of sp³-hybridized carbons (Fsp3) is 0.636. The topological polar surface area (TPSA) is 58.9 Å². The van der Waals surface area contributed by atoms with E-state index in [1.165, 1.54) is 75.3 Å². The van der Waals surface area contributed by atoms with Gasteiger partial charge in [0, 0.05) is 16.5 Å². The van der Waals surface area contributed by atoms with Crippen LogP contribution in [0.1, 0.15) is 112 Å². The zero-order chi connectivity index (χ0) is 26.3. The summed E-state index contributed by atoms with van der Waals surface area (Å²) in [6.45, 7) is 4.78. The average Bonchev–Trinajstić information content (AvgIpc) is 2.91. The van der Waals surface area contributed by atoms with Crippen molar-refractivity contribution in [1.82, 2.24) is 0 Å². The lowest BCUT2D eigenvalue weighted by Crippen LogP contribution is -2.30. The maximum absolute atomic E-state index is 9.59. The predicted octanol–water partition coefficient (Wildman–Crippen LogP) is 7.81. The van der Waals surface area contributed by atoms with Crippen molar-refractivity contribution < 1.29 is 19.7 Å². The highest BCUT2D eigenvalue weighted by atomic mass is 16.5. The molecule has 2 N–H and O–H groups in total. The molecule has 1 saturated carbocycles. The molecular formula is C33H50O4. The molecule has 1 aliphatic carbocycles. The largest absolute Gasteiger partial charge is 0.491 e. The number of aliphatic hydroxyl groups is 2. The van der Waals surface area contributed by atoms with Gasteiger partial charge in [-0.05, 0) is 37.8 Å². The molecule has 4 nitrogen and oxygen atoms in total. The lowest BCUT2D eigenvalue weighted by Gasteiger charge is -2.39. The maximum atomic E-state index is 9.59. The summed E-state index contributed by atoms with van der Waals surface area (Å²) in [6, 6.07) is 13.0. The van der Waals surface area contributed by atoms with Crippen molar-refractivity contribution in [3.8, 4) is 11.5 Å². The van der Waals surface area contributed by atoms with Crippen LogP contribution in [0.25, 0.3) is 0 Å². The first kappa shape index (κ1) is 29.5. The second-order valence-electron chi connectivity index (χ2n) is 10.9. The molecule has 0 bridgehead atoms. The van der Waals surface area contributed by atoms with Crippen LogP contribution in [0, 0.1) is 13.8 Å². The predicted molar refractivity (Wildman–Crippen MR) is 153 cm³/mol. The highest BCUT2D eigenvalue weighted by molar-refractivity contribution is 5.56. The summed E-state index contributed by atoms with van der Waals surface area (Å²) in [5.74, 6) is 1.81. The van der Waals surface area contributed by atoms with Gasteiger partial charge in [0.2, 0.25) is 0 Å². The molecule has 1 aliphatic rings. The molecule has 4 heteroatoms. The van der Waals surface area contributed by atoms with Gasteiger partial charge in [-0.2, -0.15) is 0 Å². The van der Waals surface area contributed by atoms with Gasteiger partial charge in [-0.25, -0.2) is 0 Å². The van der Waals surface area contributed by atoms with Crippen molar-refractivity contribution in [1.29, 1.82) is 0 Å². The Bertz CT molecular complexity index is 847. The Morgan fingerprint density at radius 2 is 0.919 bits per heavy atom. The number of aliphatic hydroxyl groups excluding tert-OH is 2. The van der Waals surface area contributed by atoms with Crippen LogP contribution in [0.3, 0.4) is 0 Å². The second-order valence-corrected chi connectivity index (χ2v) is 10.9. The van der Waals surface area contributed by atoms with Crippen molar-refractivity contribution >= 4 is 0 Å². The molecule has 2 aromatic rings. The number of rotatable bonds is 8. The van der Waals surface area contributed by atoms with E-state index in [1.807, 2.05) is 0 Å². The van der Waals surface area contributed by atoms with E-state index in [4.69, 9.17) is 9.47 Å². The van der Waals surface area contributed by atoms with E-state index in [0.29, 0.717) is 0 Å². The quantitative estimate of drug-likeness (QED) is 0.380. The smallest absolute Gasteiger partial charge is 0.126 e. The van der Waals surface area contributed by atoms with E-state index in [2.05, 4.69) is 50.2 Å². The minimum Gasteiger partial charge on any atom is -0.491 e. The number of benzene rings is 2. The molecule has 3 rings (SSSR count). The number of ether oxygens (including phenoxy) is 2. The van der Waals surface area contributed by atoms with Crippen molar-refractivity contribution in [3.63, 3.8) is 0 Å². The highest BCUT2D eigenvalue weighted by Gasteiger charge is 2.39. The van der Waals surface area contributed by atoms with Gasteiger partial charge in [-0.15, -0.1) is 0 Å². The zero-order valence-corrected chi connectivity index (χ0v) is 23.4. The lowest BCUT2D eigenvalue weighted by atomic mass is 9.66. The van der Waals surface area contributed by atoms with E-state index in [9.17, 15) is 10.2 Å². The zero-order valence-electron chi connectivity index (χ0n) is 23.4. The Hall–Kier alpha value is -2.04. The third-order valence-electron chi connectivity index (χ3n) is 8.09. The van der Waals surface area contributed by atoms with Gasteiger partial charge in [-0.3, -0.25) is 0 Å². The second kappa shape index (κ2) is 16.0. The molecule has 0 atom stereocenters. The Balaban J connectivity index is 2.14. The van der Waals surface area contributed by atoms with Crippen molar-refractivity contribution in [3.05, 3.63) is 58.7 Å². The molecule has 1 fully saturated rings. The van der Waals surface area contributed by atoms with Gasteiger partial charge in [-0.1, -0.05) is 113 Å². The van der Waals surface area contributed by atoms with E-state index < -0.39 is 0 Å². The maximum Gasteiger partial charge on any atom is 0.126 e. The van der Waals surface area contributed by atoms with Crippen LogP contribution in [-0.2, 0) is 5.41 Å². The SMILES string of the molecule is Cc1cccc(C2(c3cccc(C)c3OCCO)CCCCCCCCCCCCCC2)c1OCCO. The molecule has 0 radical (unpaired) electrons. The number of aryl methyl sites for hydroxylation is 2. The summed E-state index contributed by atoms with van der Waals surface area (Å²) in [5.41, 5.74) is 4.38. The average molecular weight is 511 g/mol. The van der Waals surface area contributed by atoms with Crippen LogP contribution >= 0.6 is 0 Å². The van der Waals surface area contributed by atoms with Gasteiger partial charge in [0.25, 0.3) is 0 Å². The third-order valence-corrected chi connectivity index (χ3v) is 8.09. The number of hydrogen-bond acceptors (Lipinski definition) is 4. The van der Waals surface area contributed by atoms with Crippen LogP contribution in [0.15, 0.2) is 36.4 Å². The first-order valence-electron chi connectivity index (χ1n) is 14.8. The van der Waals surface area contributed by atoms with Crippen LogP contribution in [0.5, 0.6) is 11.5 Å². The van der Waals surface area contributed by atoms with Crippen molar-refractivity contribution in [2.45, 2.75) is 109 Å². The first-order valence-corrected chi connectivity index (χ1v) is 14.8. The molecule has 0 unspecified atom stereocenters. The fourth-order valence-corrected chi connectivity index (χ4v) is 6.17. The normalized spacial score (nSPS) is 17.9. The summed E-state index contributed by atoms with van der Waals surface area (Å²) in [5, 5.41) is 19.2. The summed E-state index contributed by atoms with van der Waals surface area (Å²) < 4.78 is 12.5. The molecule has 0 aromatic heterocycles. The number of para-hydroxylation sites is 2. The highest BCUT2D eigenvalue weighted by Crippen LogP contribution is 2.50. The molecule has 37 heavy (non-hydrogen) atoms. The van der Waals surface area contributed by atoms with E-state index in [0.717, 1.165) is 48.3 Å². The number of hydrogen-bond donors (Lipinski definition) is 2. The first-order chi connectivity index (χ1) is 18.1. The molecule has 0 aliphatic heterocycles. The van der Waals surface area contributed by atoms with E-state index in [-0.39, 0.29) is 31.8 Å². The minimum absolute atomic E-state index is 0.00389. The Kier molecular flexibility index (Phi) is 12.8. The summed E-state index contributed by atoms with van der Waals surface area (Å²) >= 11 is 0. The third kappa shape index (κ3) is 8.22. The van der Waals surface area contributed by atoms with Gasteiger partial charge in [0.05, 0.1) is 13.2 Å². The van der Waals surface area contributed by atoms with Gasteiger partial charge < -0.3 is 19.7 Å². The van der Waals surface area contributed by atoms with Crippen LogP contribution in [-0.4, -0.2) is 36.6 Å². The van der Waals surface area contributed by atoms with E-state index >= 15 is 0 Å². The standard InChI is InChI=1S/C33H50O4/c1-27-17-15-19-29(31(27)36-25-23-34)33(30-20-16-18-28(2)32(30)37-26-24-35)21-13-11-9-7-5-3-4-6-8-10-12-14-22-33/h15-20,34-35H,3-14,21-26H2,1-2H3. The molecule has 0 spiro atoms. The Morgan fingerprint density at radius 1 is 0.568 bits per heavy atom. The van der Waals surface area contributed by atoms with Crippen LogP contribution < -0.4 is 9.47 Å². The van der Waals surface area contributed by atoms with Crippen LogP contribution in [0.2, 0.25) is 0 Å². The summed E-state index contributed by atoms with van der Waals surface area (Å²) in [7, 11) is 0. The summed E-state index contributed by atoms with van der Waals surface area (Å²) in [4.78, 5) is 0. The monoisotopic (exact) mass is 510 g/mol. The summed E-state index contributed by atoms with van der Waals surface area (Å²) in [6.07, 6.45) is 17.6. The minimum atomic E-state index is -0.256. The molecule has 206 valence electrons. The lowest BCUT2D eigenvalue weighted by molar-refractivity contribution is 0.193. The molecule has 0 heterocycles. The fourth-order valence-electron chi connectivity index (χ4n) is 6.17. The van der Waals surface area contributed by atoms with Crippen molar-refractivity contribution in [2.75, 3.05) is 26.4 Å². The van der Waals surface area contributed by atoms with Crippen molar-refractivity contribution in [2.24, 2.45) is 0 Å². The molecule has 0 amide bonds. The van der Waals surface area contributed by atoms with Gasteiger partial charge >= 0.3 is 0 Å².